The lowest BCUT2D eigenvalue weighted by Crippen LogP contribution is -2.28. The van der Waals surface area contributed by atoms with Crippen LogP contribution in [0.15, 0.2) is 36.4 Å². The molecular formula is C19H21NO5. The van der Waals surface area contributed by atoms with Gasteiger partial charge in [-0.15, -0.1) is 0 Å². The van der Waals surface area contributed by atoms with Gasteiger partial charge < -0.3 is 24.6 Å². The first-order valence-corrected chi connectivity index (χ1v) is 8.07. The molecule has 0 aliphatic carbocycles. The Hall–Kier alpha value is -2.73. The van der Waals surface area contributed by atoms with Crippen molar-refractivity contribution in [1.29, 1.82) is 0 Å². The lowest BCUT2D eigenvalue weighted by atomic mass is 10.0. The van der Waals surface area contributed by atoms with Gasteiger partial charge in [0.2, 0.25) is 0 Å². The molecule has 0 radical (unpaired) electrons. The molecule has 1 aliphatic heterocycles. The predicted molar refractivity (Wildman–Crippen MR) is 92.5 cm³/mol. The molecule has 6 nitrogen and oxygen atoms in total. The first-order chi connectivity index (χ1) is 12.1. The van der Waals surface area contributed by atoms with E-state index in [0.717, 1.165) is 23.3 Å². The maximum Gasteiger partial charge on any atom is 0.255 e. The molecular weight excluding hydrogens is 322 g/mol. The molecule has 1 aliphatic rings. The number of amides is 1. The Balaban J connectivity index is 1.68. The molecule has 2 N–H and O–H groups in total. The van der Waals surface area contributed by atoms with Crippen LogP contribution in [0.5, 0.6) is 17.2 Å². The number of aliphatic hydroxyl groups excluding tert-OH is 1. The molecule has 25 heavy (non-hydrogen) atoms. The zero-order valence-corrected chi connectivity index (χ0v) is 14.2. The van der Waals surface area contributed by atoms with E-state index < -0.39 is 6.10 Å². The van der Waals surface area contributed by atoms with E-state index in [4.69, 9.17) is 14.2 Å². The summed E-state index contributed by atoms with van der Waals surface area (Å²) in [5.74, 6) is 1.38. The van der Waals surface area contributed by atoms with Crippen molar-refractivity contribution in [3.05, 3.63) is 53.1 Å². The van der Waals surface area contributed by atoms with Crippen molar-refractivity contribution in [3.63, 3.8) is 0 Å². The zero-order chi connectivity index (χ0) is 17.8. The van der Waals surface area contributed by atoms with E-state index in [2.05, 4.69) is 5.32 Å². The number of nitrogens with one attached hydrogen (secondary N) is 1. The first kappa shape index (κ1) is 17.1. The van der Waals surface area contributed by atoms with Gasteiger partial charge in [-0.25, -0.2) is 0 Å². The summed E-state index contributed by atoms with van der Waals surface area (Å²) in [6, 6.07) is 10.7. The molecule has 0 saturated heterocycles. The van der Waals surface area contributed by atoms with Gasteiger partial charge in [0.25, 0.3) is 5.91 Å². The molecule has 2 aromatic carbocycles. The minimum absolute atomic E-state index is 0.0961. The van der Waals surface area contributed by atoms with Crippen LogP contribution in [-0.4, -0.2) is 38.4 Å². The van der Waals surface area contributed by atoms with Crippen molar-refractivity contribution in [2.45, 2.75) is 12.5 Å². The summed E-state index contributed by atoms with van der Waals surface area (Å²) >= 11 is 0. The maximum atomic E-state index is 12.4. The Morgan fingerprint density at radius 1 is 1.28 bits per heavy atom. The van der Waals surface area contributed by atoms with Crippen LogP contribution in [0, 0.1) is 0 Å². The standard InChI is InChI=1S/C19H21NO5/c1-23-17-5-3-4-14(18(17)24-2)19(22)20-11-15(21)12-6-7-16-13(10-12)8-9-25-16/h3-7,10,15,21H,8-9,11H2,1-2H3,(H,20,22). The third kappa shape index (κ3) is 3.53. The molecule has 0 saturated carbocycles. The van der Waals surface area contributed by atoms with Gasteiger partial charge in [-0.05, 0) is 35.4 Å². The second kappa shape index (κ2) is 7.44. The van der Waals surface area contributed by atoms with Crippen molar-refractivity contribution in [2.24, 2.45) is 0 Å². The van der Waals surface area contributed by atoms with Crippen LogP contribution in [0.25, 0.3) is 0 Å². The molecule has 6 heteroatoms. The van der Waals surface area contributed by atoms with Crippen LogP contribution in [0.1, 0.15) is 27.6 Å². The number of hydrogen-bond donors (Lipinski definition) is 2. The van der Waals surface area contributed by atoms with Gasteiger partial charge in [-0.3, -0.25) is 4.79 Å². The molecule has 0 bridgehead atoms. The Labute approximate surface area is 146 Å². The number of carbonyl (C=O) groups is 1. The lowest BCUT2D eigenvalue weighted by Gasteiger charge is -2.15. The summed E-state index contributed by atoms with van der Waals surface area (Å²) in [7, 11) is 3.00. The highest BCUT2D eigenvalue weighted by Crippen LogP contribution is 2.31. The average molecular weight is 343 g/mol. The van der Waals surface area contributed by atoms with Crippen molar-refractivity contribution < 1.29 is 24.1 Å². The Morgan fingerprint density at radius 2 is 2.12 bits per heavy atom. The van der Waals surface area contributed by atoms with E-state index >= 15 is 0 Å². The number of rotatable bonds is 6. The van der Waals surface area contributed by atoms with Crippen LogP contribution in [0.3, 0.4) is 0 Å². The summed E-state index contributed by atoms with van der Waals surface area (Å²) in [6.45, 7) is 0.764. The van der Waals surface area contributed by atoms with E-state index in [1.165, 1.54) is 14.2 Å². The van der Waals surface area contributed by atoms with Crippen LogP contribution in [-0.2, 0) is 6.42 Å². The van der Waals surface area contributed by atoms with Crippen LogP contribution >= 0.6 is 0 Å². The summed E-state index contributed by atoms with van der Waals surface area (Å²) in [4.78, 5) is 12.4. The predicted octanol–water partition coefficient (Wildman–Crippen LogP) is 2.10. The summed E-state index contributed by atoms with van der Waals surface area (Å²) < 4.78 is 15.9. The molecule has 1 unspecified atom stereocenters. The molecule has 3 rings (SSSR count). The third-order valence-corrected chi connectivity index (χ3v) is 4.20. The number of para-hydroxylation sites is 1. The number of carbonyl (C=O) groups excluding carboxylic acids is 1. The Bertz CT molecular complexity index is 774. The highest BCUT2D eigenvalue weighted by Gasteiger charge is 2.19. The fourth-order valence-corrected chi connectivity index (χ4v) is 2.88. The number of methoxy groups -OCH3 is 2. The maximum absolute atomic E-state index is 12.4. The van der Waals surface area contributed by atoms with E-state index in [1.54, 1.807) is 18.2 Å². The average Bonchev–Trinajstić information content (AvgIpc) is 3.12. The van der Waals surface area contributed by atoms with Gasteiger partial charge in [0, 0.05) is 13.0 Å². The molecule has 2 aromatic rings. The van der Waals surface area contributed by atoms with Gasteiger partial charge in [-0.1, -0.05) is 12.1 Å². The SMILES string of the molecule is COc1cccc(C(=O)NCC(O)c2ccc3c(c2)CCO3)c1OC. The van der Waals surface area contributed by atoms with E-state index in [-0.39, 0.29) is 12.5 Å². The molecule has 1 amide bonds. The second-order valence-electron chi connectivity index (χ2n) is 5.73. The van der Waals surface area contributed by atoms with Gasteiger partial charge >= 0.3 is 0 Å². The fraction of sp³-hybridized carbons (Fsp3) is 0.316. The third-order valence-electron chi connectivity index (χ3n) is 4.20. The lowest BCUT2D eigenvalue weighted by molar-refractivity contribution is 0.0912. The van der Waals surface area contributed by atoms with Gasteiger partial charge in [0.15, 0.2) is 11.5 Å². The number of benzene rings is 2. The minimum Gasteiger partial charge on any atom is -0.493 e. The number of hydrogen-bond acceptors (Lipinski definition) is 5. The van der Waals surface area contributed by atoms with Gasteiger partial charge in [0.1, 0.15) is 5.75 Å². The van der Waals surface area contributed by atoms with Gasteiger partial charge in [0.05, 0.1) is 32.5 Å². The smallest absolute Gasteiger partial charge is 0.255 e. The minimum atomic E-state index is -0.800. The monoisotopic (exact) mass is 343 g/mol. The van der Waals surface area contributed by atoms with Crippen LogP contribution in [0.2, 0.25) is 0 Å². The Kier molecular flexibility index (Phi) is 5.09. The van der Waals surface area contributed by atoms with Gasteiger partial charge in [-0.2, -0.15) is 0 Å². The molecule has 1 atom stereocenters. The van der Waals surface area contributed by atoms with E-state index in [9.17, 15) is 9.90 Å². The van der Waals surface area contributed by atoms with E-state index in [1.807, 2.05) is 18.2 Å². The van der Waals surface area contributed by atoms with Crippen LogP contribution < -0.4 is 19.5 Å². The fourth-order valence-electron chi connectivity index (χ4n) is 2.88. The molecule has 0 aromatic heterocycles. The Morgan fingerprint density at radius 3 is 2.88 bits per heavy atom. The molecule has 1 heterocycles. The number of fused-ring (bicyclic) bond motifs is 1. The zero-order valence-electron chi connectivity index (χ0n) is 14.2. The second-order valence-corrected chi connectivity index (χ2v) is 5.73. The number of aliphatic hydroxyl groups is 1. The first-order valence-electron chi connectivity index (χ1n) is 8.07. The van der Waals surface area contributed by atoms with Crippen molar-refractivity contribution >= 4 is 5.91 Å². The van der Waals surface area contributed by atoms with Crippen molar-refractivity contribution in [1.82, 2.24) is 5.32 Å². The van der Waals surface area contributed by atoms with Crippen molar-refractivity contribution in [2.75, 3.05) is 27.4 Å². The molecule has 0 fully saturated rings. The highest BCUT2D eigenvalue weighted by atomic mass is 16.5. The molecule has 132 valence electrons. The number of ether oxygens (including phenoxy) is 3. The molecule has 0 spiro atoms. The summed E-state index contributed by atoms with van der Waals surface area (Å²) in [6.07, 6.45) is 0.0370. The topological polar surface area (TPSA) is 77.0 Å². The quantitative estimate of drug-likeness (QED) is 0.840. The summed E-state index contributed by atoms with van der Waals surface area (Å²) in [5, 5.41) is 13.1. The summed E-state index contributed by atoms with van der Waals surface area (Å²) in [5.41, 5.74) is 2.19. The van der Waals surface area contributed by atoms with E-state index in [0.29, 0.717) is 23.7 Å². The highest BCUT2D eigenvalue weighted by molar-refractivity contribution is 5.97. The normalized spacial score (nSPS) is 13.6. The van der Waals surface area contributed by atoms with Crippen LogP contribution in [0.4, 0.5) is 0 Å². The largest absolute Gasteiger partial charge is 0.493 e. The van der Waals surface area contributed by atoms with Crippen molar-refractivity contribution in [3.8, 4) is 17.2 Å².